The van der Waals surface area contributed by atoms with E-state index in [0.29, 0.717) is 11.1 Å². The summed E-state index contributed by atoms with van der Waals surface area (Å²) >= 11 is 0. The van der Waals surface area contributed by atoms with Crippen molar-refractivity contribution in [2.24, 2.45) is 0 Å². The first-order valence-corrected chi connectivity index (χ1v) is 5.95. The highest BCUT2D eigenvalue weighted by molar-refractivity contribution is 5.73. The molecule has 0 unspecified atom stereocenters. The van der Waals surface area contributed by atoms with E-state index in [9.17, 15) is 4.39 Å². The van der Waals surface area contributed by atoms with Gasteiger partial charge in [0.25, 0.3) is 0 Å². The number of aromatic nitrogens is 2. The molecule has 0 aliphatic rings. The summed E-state index contributed by atoms with van der Waals surface area (Å²) in [5, 5.41) is 0. The van der Waals surface area contributed by atoms with Crippen molar-refractivity contribution in [3.63, 3.8) is 0 Å². The van der Waals surface area contributed by atoms with Crippen LogP contribution in [0.3, 0.4) is 0 Å². The van der Waals surface area contributed by atoms with Gasteiger partial charge in [0.1, 0.15) is 5.82 Å². The molecule has 0 N–H and O–H groups in total. The molecule has 2 nitrogen and oxygen atoms in total. The van der Waals surface area contributed by atoms with Gasteiger partial charge in [-0.3, -0.25) is 9.97 Å². The molecular weight excluding hydrogens is 239 g/mol. The molecule has 1 aromatic carbocycles. The third-order valence-corrected chi connectivity index (χ3v) is 2.94. The quantitative estimate of drug-likeness (QED) is 0.688. The lowest BCUT2D eigenvalue weighted by atomic mass is 10.00. The molecule has 0 radical (unpaired) electrons. The summed E-state index contributed by atoms with van der Waals surface area (Å²) in [5.41, 5.74) is 2.64. The van der Waals surface area contributed by atoms with Gasteiger partial charge in [0, 0.05) is 47.0 Å². The van der Waals surface area contributed by atoms with Crippen LogP contribution in [0, 0.1) is 5.82 Å². The van der Waals surface area contributed by atoms with Gasteiger partial charge in [-0.2, -0.15) is 0 Å². The van der Waals surface area contributed by atoms with Crippen LogP contribution < -0.4 is 0 Å². The van der Waals surface area contributed by atoms with E-state index in [1.54, 1.807) is 49.1 Å². The SMILES string of the molecule is Fc1c(-c2cccnc2)cccc1-c1cccnc1. The molecule has 0 aliphatic heterocycles. The van der Waals surface area contributed by atoms with Crippen molar-refractivity contribution >= 4 is 0 Å². The second kappa shape index (κ2) is 4.98. The molecule has 0 amide bonds. The van der Waals surface area contributed by atoms with E-state index in [1.165, 1.54) is 0 Å². The van der Waals surface area contributed by atoms with Crippen LogP contribution in [0.25, 0.3) is 22.3 Å². The third-order valence-electron chi connectivity index (χ3n) is 2.94. The van der Waals surface area contributed by atoms with E-state index >= 15 is 0 Å². The summed E-state index contributed by atoms with van der Waals surface area (Å²) in [5.74, 6) is -0.247. The van der Waals surface area contributed by atoms with E-state index in [0.717, 1.165) is 11.1 Å². The first-order chi connectivity index (χ1) is 9.36. The molecule has 0 aliphatic carbocycles. The summed E-state index contributed by atoms with van der Waals surface area (Å²) in [6.45, 7) is 0. The Morgan fingerprint density at radius 2 is 1.21 bits per heavy atom. The molecule has 3 rings (SSSR count). The van der Waals surface area contributed by atoms with Gasteiger partial charge in [-0.1, -0.05) is 30.3 Å². The van der Waals surface area contributed by atoms with Crippen LogP contribution in [0.1, 0.15) is 0 Å². The Kier molecular flexibility index (Phi) is 3.02. The second-order valence-electron chi connectivity index (χ2n) is 4.15. The van der Waals surface area contributed by atoms with Crippen molar-refractivity contribution in [2.45, 2.75) is 0 Å². The van der Waals surface area contributed by atoms with Crippen molar-refractivity contribution < 1.29 is 4.39 Å². The predicted molar refractivity (Wildman–Crippen MR) is 72.9 cm³/mol. The lowest BCUT2D eigenvalue weighted by Gasteiger charge is -2.08. The molecule has 0 fully saturated rings. The molecule has 0 atom stereocenters. The van der Waals surface area contributed by atoms with Crippen molar-refractivity contribution in [1.82, 2.24) is 9.97 Å². The fraction of sp³-hybridized carbons (Fsp3) is 0. The van der Waals surface area contributed by atoms with Gasteiger partial charge in [0.2, 0.25) is 0 Å². The van der Waals surface area contributed by atoms with Crippen molar-refractivity contribution in [3.8, 4) is 22.3 Å². The number of hydrogen-bond donors (Lipinski definition) is 0. The van der Waals surface area contributed by atoms with Gasteiger partial charge in [0.05, 0.1) is 0 Å². The average molecular weight is 250 g/mol. The monoisotopic (exact) mass is 250 g/mol. The van der Waals surface area contributed by atoms with Gasteiger partial charge in [-0.25, -0.2) is 4.39 Å². The zero-order valence-corrected chi connectivity index (χ0v) is 10.1. The lowest BCUT2D eigenvalue weighted by Crippen LogP contribution is -1.90. The highest BCUT2D eigenvalue weighted by Gasteiger charge is 2.11. The Labute approximate surface area is 110 Å². The molecule has 2 aromatic heterocycles. The van der Waals surface area contributed by atoms with Gasteiger partial charge in [0.15, 0.2) is 0 Å². The van der Waals surface area contributed by atoms with Crippen LogP contribution in [0.15, 0.2) is 67.3 Å². The summed E-state index contributed by atoms with van der Waals surface area (Å²) in [6, 6.07) is 12.6. The topological polar surface area (TPSA) is 25.8 Å². The maximum atomic E-state index is 14.6. The first kappa shape index (κ1) is 11.5. The molecule has 0 spiro atoms. The highest BCUT2D eigenvalue weighted by atomic mass is 19.1. The maximum absolute atomic E-state index is 14.6. The van der Waals surface area contributed by atoms with Crippen molar-refractivity contribution in [3.05, 3.63) is 73.1 Å². The summed E-state index contributed by atoms with van der Waals surface area (Å²) in [7, 11) is 0. The number of hydrogen-bond acceptors (Lipinski definition) is 2. The fourth-order valence-electron chi connectivity index (χ4n) is 2.02. The van der Waals surface area contributed by atoms with E-state index < -0.39 is 0 Å². The molecular formula is C16H11FN2. The van der Waals surface area contributed by atoms with Gasteiger partial charge < -0.3 is 0 Å². The number of pyridine rings is 2. The lowest BCUT2D eigenvalue weighted by molar-refractivity contribution is 0.634. The number of benzene rings is 1. The molecule has 3 heteroatoms. The van der Waals surface area contributed by atoms with Gasteiger partial charge in [-0.15, -0.1) is 0 Å². The molecule has 3 aromatic rings. The fourth-order valence-corrected chi connectivity index (χ4v) is 2.02. The van der Waals surface area contributed by atoms with E-state index in [1.807, 2.05) is 18.2 Å². The standard InChI is InChI=1S/C16H11FN2/c17-16-14(12-4-2-8-18-10-12)6-1-7-15(16)13-5-3-9-19-11-13/h1-11H. The maximum Gasteiger partial charge on any atom is 0.138 e. The third kappa shape index (κ3) is 2.22. The normalized spacial score (nSPS) is 10.4. The van der Waals surface area contributed by atoms with Crippen LogP contribution in [0.5, 0.6) is 0 Å². The second-order valence-corrected chi connectivity index (χ2v) is 4.15. The van der Waals surface area contributed by atoms with Crippen LogP contribution >= 0.6 is 0 Å². The van der Waals surface area contributed by atoms with Crippen molar-refractivity contribution in [2.75, 3.05) is 0 Å². The minimum atomic E-state index is -0.247. The van der Waals surface area contributed by atoms with E-state index in [-0.39, 0.29) is 5.82 Å². The van der Waals surface area contributed by atoms with E-state index in [4.69, 9.17) is 0 Å². The Morgan fingerprint density at radius 1 is 0.684 bits per heavy atom. The van der Waals surface area contributed by atoms with E-state index in [2.05, 4.69) is 9.97 Å². The minimum absolute atomic E-state index is 0.247. The first-order valence-electron chi connectivity index (χ1n) is 5.95. The average Bonchev–Trinajstić information content (AvgIpc) is 2.49. The Hall–Kier alpha value is -2.55. The summed E-state index contributed by atoms with van der Waals surface area (Å²) in [6.07, 6.45) is 6.66. The number of rotatable bonds is 2. The Morgan fingerprint density at radius 3 is 1.63 bits per heavy atom. The number of nitrogens with zero attached hydrogens (tertiary/aromatic N) is 2. The van der Waals surface area contributed by atoms with Crippen molar-refractivity contribution in [1.29, 1.82) is 0 Å². The molecule has 0 saturated heterocycles. The smallest absolute Gasteiger partial charge is 0.138 e. The Bertz CT molecular complexity index is 624. The highest BCUT2D eigenvalue weighted by Crippen LogP contribution is 2.29. The van der Waals surface area contributed by atoms with Crippen LogP contribution in [0.4, 0.5) is 4.39 Å². The van der Waals surface area contributed by atoms with Gasteiger partial charge in [-0.05, 0) is 12.1 Å². The zero-order valence-electron chi connectivity index (χ0n) is 10.1. The molecule has 92 valence electrons. The summed E-state index contributed by atoms with van der Waals surface area (Å²) < 4.78 is 14.6. The molecule has 0 saturated carbocycles. The van der Waals surface area contributed by atoms with Crippen LogP contribution in [-0.4, -0.2) is 9.97 Å². The zero-order chi connectivity index (χ0) is 13.1. The number of halogens is 1. The van der Waals surface area contributed by atoms with Gasteiger partial charge >= 0.3 is 0 Å². The summed E-state index contributed by atoms with van der Waals surface area (Å²) in [4.78, 5) is 8.05. The largest absolute Gasteiger partial charge is 0.264 e. The minimum Gasteiger partial charge on any atom is -0.264 e. The molecule has 19 heavy (non-hydrogen) atoms. The van der Waals surface area contributed by atoms with Crippen LogP contribution in [-0.2, 0) is 0 Å². The van der Waals surface area contributed by atoms with Crippen LogP contribution in [0.2, 0.25) is 0 Å². The predicted octanol–water partition coefficient (Wildman–Crippen LogP) is 3.95. The Balaban J connectivity index is 2.15. The molecule has 0 bridgehead atoms. The molecule has 2 heterocycles.